The lowest BCUT2D eigenvalue weighted by Gasteiger charge is -2.09. The molecule has 0 bridgehead atoms. The van der Waals surface area contributed by atoms with E-state index in [1.54, 1.807) is 48.7 Å². The summed E-state index contributed by atoms with van der Waals surface area (Å²) in [6, 6.07) is 22.6. The molecule has 0 aliphatic heterocycles. The number of halogens is 1. The lowest BCUT2D eigenvalue weighted by molar-refractivity contribution is 0.102. The van der Waals surface area contributed by atoms with E-state index in [1.807, 2.05) is 31.2 Å². The Balaban J connectivity index is 1.45. The predicted octanol–water partition coefficient (Wildman–Crippen LogP) is 5.59. The quantitative estimate of drug-likeness (QED) is 0.460. The van der Waals surface area contributed by atoms with Crippen LogP contribution in [-0.2, 0) is 0 Å². The third-order valence-corrected chi connectivity index (χ3v) is 4.47. The molecule has 5 nitrogen and oxygen atoms in total. The second-order valence-corrected chi connectivity index (χ2v) is 6.80. The summed E-state index contributed by atoms with van der Waals surface area (Å²) in [7, 11) is 0. The third-order valence-electron chi connectivity index (χ3n) is 4.47. The Bertz CT molecular complexity index is 1170. The molecule has 0 spiro atoms. The molecule has 4 aromatic rings. The minimum atomic E-state index is -0.339. The molecule has 0 saturated carbocycles. The van der Waals surface area contributed by atoms with Crippen LogP contribution >= 0.6 is 0 Å². The SMILES string of the molecule is Cc1ccc(NC(=O)c2ccc(Nc3ccnc(-c4cccc(F)c4)n3)cc2)cc1. The van der Waals surface area contributed by atoms with Crippen LogP contribution in [0.1, 0.15) is 15.9 Å². The van der Waals surface area contributed by atoms with Crippen LogP contribution in [-0.4, -0.2) is 15.9 Å². The number of aromatic nitrogens is 2. The summed E-state index contributed by atoms with van der Waals surface area (Å²) in [5, 5.41) is 6.05. The fourth-order valence-electron chi connectivity index (χ4n) is 2.89. The number of carbonyl (C=O) groups excluding carboxylic acids is 1. The largest absolute Gasteiger partial charge is 0.340 e. The highest BCUT2D eigenvalue weighted by Crippen LogP contribution is 2.20. The number of carbonyl (C=O) groups is 1. The van der Waals surface area contributed by atoms with Crippen molar-refractivity contribution in [3.05, 3.63) is 102 Å². The molecule has 1 amide bonds. The van der Waals surface area contributed by atoms with E-state index in [1.165, 1.54) is 12.1 Å². The van der Waals surface area contributed by atoms with E-state index in [-0.39, 0.29) is 11.7 Å². The summed E-state index contributed by atoms with van der Waals surface area (Å²) >= 11 is 0. The maximum Gasteiger partial charge on any atom is 0.255 e. The van der Waals surface area contributed by atoms with Crippen molar-refractivity contribution in [2.45, 2.75) is 6.92 Å². The minimum absolute atomic E-state index is 0.180. The average Bonchev–Trinajstić information content (AvgIpc) is 2.76. The average molecular weight is 398 g/mol. The Kier molecular flexibility index (Phi) is 5.48. The molecule has 30 heavy (non-hydrogen) atoms. The molecule has 0 aliphatic rings. The minimum Gasteiger partial charge on any atom is -0.340 e. The smallest absolute Gasteiger partial charge is 0.255 e. The van der Waals surface area contributed by atoms with Gasteiger partial charge in [0.2, 0.25) is 0 Å². The van der Waals surface area contributed by atoms with Gasteiger partial charge in [0.25, 0.3) is 5.91 Å². The standard InChI is InChI=1S/C24H19FN4O/c1-16-5-9-21(10-6-16)28-24(30)17-7-11-20(12-8-17)27-22-13-14-26-23(29-22)18-3-2-4-19(25)15-18/h2-15H,1H3,(H,28,30)(H,26,27,29). The van der Waals surface area contributed by atoms with Crippen molar-refractivity contribution in [1.82, 2.24) is 9.97 Å². The van der Waals surface area contributed by atoms with Crippen LogP contribution in [0.3, 0.4) is 0 Å². The lowest BCUT2D eigenvalue weighted by Crippen LogP contribution is -2.11. The topological polar surface area (TPSA) is 66.9 Å². The second-order valence-electron chi connectivity index (χ2n) is 6.80. The highest BCUT2D eigenvalue weighted by molar-refractivity contribution is 6.04. The zero-order chi connectivity index (χ0) is 20.9. The molecular weight excluding hydrogens is 379 g/mol. The number of rotatable bonds is 5. The van der Waals surface area contributed by atoms with Crippen LogP contribution in [0.2, 0.25) is 0 Å². The van der Waals surface area contributed by atoms with E-state index in [2.05, 4.69) is 20.6 Å². The van der Waals surface area contributed by atoms with E-state index in [0.29, 0.717) is 22.8 Å². The molecule has 1 heterocycles. The van der Waals surface area contributed by atoms with E-state index >= 15 is 0 Å². The van der Waals surface area contributed by atoms with Crippen LogP contribution < -0.4 is 10.6 Å². The van der Waals surface area contributed by atoms with Gasteiger partial charge in [-0.05, 0) is 61.5 Å². The monoisotopic (exact) mass is 398 g/mol. The first-order valence-electron chi connectivity index (χ1n) is 9.41. The molecule has 4 rings (SSSR count). The first kappa shape index (κ1) is 19.3. The predicted molar refractivity (Wildman–Crippen MR) is 116 cm³/mol. The Hall–Kier alpha value is -4.06. The molecule has 0 radical (unpaired) electrons. The Morgan fingerprint density at radius 2 is 1.63 bits per heavy atom. The van der Waals surface area contributed by atoms with Gasteiger partial charge in [0.1, 0.15) is 11.6 Å². The maximum atomic E-state index is 13.5. The molecule has 0 atom stereocenters. The zero-order valence-electron chi connectivity index (χ0n) is 16.3. The van der Waals surface area contributed by atoms with E-state index in [4.69, 9.17) is 0 Å². The van der Waals surface area contributed by atoms with Crippen molar-refractivity contribution in [1.29, 1.82) is 0 Å². The number of anilines is 3. The van der Waals surface area contributed by atoms with Gasteiger partial charge >= 0.3 is 0 Å². The molecule has 2 N–H and O–H groups in total. The molecule has 6 heteroatoms. The highest BCUT2D eigenvalue weighted by atomic mass is 19.1. The van der Waals surface area contributed by atoms with Gasteiger partial charge in [-0.2, -0.15) is 0 Å². The van der Waals surface area contributed by atoms with Crippen molar-refractivity contribution in [2.24, 2.45) is 0 Å². The molecule has 148 valence electrons. The lowest BCUT2D eigenvalue weighted by atomic mass is 10.1. The molecular formula is C24H19FN4O. The fourth-order valence-corrected chi connectivity index (χ4v) is 2.89. The normalized spacial score (nSPS) is 10.5. The molecule has 0 unspecified atom stereocenters. The van der Waals surface area contributed by atoms with Crippen molar-refractivity contribution < 1.29 is 9.18 Å². The first-order chi connectivity index (χ1) is 14.6. The van der Waals surface area contributed by atoms with Gasteiger partial charge in [0, 0.05) is 28.7 Å². The van der Waals surface area contributed by atoms with Gasteiger partial charge in [-0.25, -0.2) is 14.4 Å². The van der Waals surface area contributed by atoms with Crippen molar-refractivity contribution >= 4 is 23.1 Å². The number of hydrogen-bond acceptors (Lipinski definition) is 4. The number of hydrogen-bond donors (Lipinski definition) is 2. The summed E-state index contributed by atoms with van der Waals surface area (Å²) in [6.07, 6.45) is 1.61. The van der Waals surface area contributed by atoms with E-state index in [9.17, 15) is 9.18 Å². The summed E-state index contributed by atoms with van der Waals surface area (Å²) < 4.78 is 13.5. The number of nitrogens with zero attached hydrogens (tertiary/aromatic N) is 2. The second kappa shape index (κ2) is 8.53. The summed E-state index contributed by atoms with van der Waals surface area (Å²) in [6.45, 7) is 2.00. The number of nitrogens with one attached hydrogen (secondary N) is 2. The summed E-state index contributed by atoms with van der Waals surface area (Å²) in [5.74, 6) is 0.476. The third kappa shape index (κ3) is 4.67. The Labute approximate surface area is 173 Å². The Morgan fingerprint density at radius 3 is 2.37 bits per heavy atom. The van der Waals surface area contributed by atoms with Crippen LogP contribution in [0.15, 0.2) is 85.1 Å². The number of amides is 1. The van der Waals surface area contributed by atoms with E-state index in [0.717, 1.165) is 16.9 Å². The first-order valence-corrected chi connectivity index (χ1v) is 9.41. The molecule has 3 aromatic carbocycles. The Morgan fingerprint density at radius 1 is 0.900 bits per heavy atom. The van der Waals surface area contributed by atoms with Gasteiger partial charge in [-0.3, -0.25) is 4.79 Å². The van der Waals surface area contributed by atoms with Crippen LogP contribution in [0.5, 0.6) is 0 Å². The number of benzene rings is 3. The van der Waals surface area contributed by atoms with Crippen LogP contribution in [0, 0.1) is 12.7 Å². The van der Waals surface area contributed by atoms with Crippen LogP contribution in [0.25, 0.3) is 11.4 Å². The molecule has 1 aromatic heterocycles. The van der Waals surface area contributed by atoms with Gasteiger partial charge in [0.15, 0.2) is 5.82 Å². The summed E-state index contributed by atoms with van der Waals surface area (Å²) in [5.41, 5.74) is 3.80. The van der Waals surface area contributed by atoms with Crippen molar-refractivity contribution in [2.75, 3.05) is 10.6 Å². The van der Waals surface area contributed by atoms with Gasteiger partial charge in [0.05, 0.1) is 0 Å². The molecule has 0 fully saturated rings. The van der Waals surface area contributed by atoms with Gasteiger partial charge in [-0.15, -0.1) is 0 Å². The molecule has 0 saturated heterocycles. The molecule has 0 aliphatic carbocycles. The maximum absolute atomic E-state index is 13.5. The van der Waals surface area contributed by atoms with E-state index < -0.39 is 0 Å². The van der Waals surface area contributed by atoms with Crippen molar-refractivity contribution in [3.63, 3.8) is 0 Å². The fraction of sp³-hybridized carbons (Fsp3) is 0.0417. The number of aryl methyl sites for hydroxylation is 1. The van der Waals surface area contributed by atoms with Gasteiger partial charge in [-0.1, -0.05) is 29.8 Å². The zero-order valence-corrected chi connectivity index (χ0v) is 16.3. The van der Waals surface area contributed by atoms with Crippen LogP contribution in [0.4, 0.5) is 21.6 Å². The van der Waals surface area contributed by atoms with Gasteiger partial charge < -0.3 is 10.6 Å². The summed E-state index contributed by atoms with van der Waals surface area (Å²) in [4.78, 5) is 21.1. The van der Waals surface area contributed by atoms with Crippen molar-refractivity contribution in [3.8, 4) is 11.4 Å². The highest BCUT2D eigenvalue weighted by Gasteiger charge is 2.07.